The summed E-state index contributed by atoms with van der Waals surface area (Å²) >= 11 is 0. The largest absolute Gasteiger partial charge is 0.380 e. The molecule has 1 fully saturated rings. The van der Waals surface area contributed by atoms with Crippen LogP contribution in [0, 0.1) is 12.3 Å². The molecule has 1 aromatic heterocycles. The summed E-state index contributed by atoms with van der Waals surface area (Å²) in [5.41, 5.74) is 0.772. The van der Waals surface area contributed by atoms with Crippen LogP contribution in [0.15, 0.2) is 17.1 Å². The molecule has 0 aliphatic carbocycles. The van der Waals surface area contributed by atoms with Crippen molar-refractivity contribution in [1.82, 2.24) is 15.1 Å². The molecule has 1 saturated heterocycles. The Balaban J connectivity index is 1.96. The van der Waals surface area contributed by atoms with Gasteiger partial charge in [0.1, 0.15) is 0 Å². The Bertz CT molecular complexity index is 535. The first-order valence-electron chi connectivity index (χ1n) is 6.73. The zero-order chi connectivity index (χ0) is 14.4. The number of hydrogen-bond donors (Lipinski definition) is 1. The molecule has 6 nitrogen and oxygen atoms in total. The molecule has 1 aliphatic heterocycles. The van der Waals surface area contributed by atoms with Crippen molar-refractivity contribution in [2.75, 3.05) is 38.2 Å². The third kappa shape index (κ3) is 3.59. The quantitative estimate of drug-likeness (QED) is 0.570. The summed E-state index contributed by atoms with van der Waals surface area (Å²) < 4.78 is 6.76. The maximum absolute atomic E-state index is 12.0. The molecule has 108 valence electrons. The van der Waals surface area contributed by atoms with Gasteiger partial charge in [-0.05, 0) is 6.42 Å². The van der Waals surface area contributed by atoms with Gasteiger partial charge in [0.2, 0.25) is 0 Å². The lowest BCUT2D eigenvalue weighted by molar-refractivity contribution is 0.121. The number of rotatable bonds is 6. The smallest absolute Gasteiger partial charge is 0.268 e. The molecule has 6 heteroatoms. The number of nitrogens with one attached hydrogen (secondary N) is 1. The Morgan fingerprint density at radius 2 is 2.50 bits per heavy atom. The summed E-state index contributed by atoms with van der Waals surface area (Å²) in [6.07, 6.45) is 8.10. The van der Waals surface area contributed by atoms with Crippen molar-refractivity contribution in [1.29, 1.82) is 0 Å². The van der Waals surface area contributed by atoms with Crippen LogP contribution < -0.4 is 15.8 Å². The summed E-state index contributed by atoms with van der Waals surface area (Å²) in [6.45, 7) is 3.35. The SMILES string of the molecule is C#CCNCCn1ncc(N2CCC(OC)C2)cc1=O. The van der Waals surface area contributed by atoms with E-state index in [1.807, 2.05) is 0 Å². The third-order valence-electron chi connectivity index (χ3n) is 3.43. The van der Waals surface area contributed by atoms with Crippen molar-refractivity contribution in [3.8, 4) is 12.3 Å². The molecule has 1 unspecified atom stereocenters. The van der Waals surface area contributed by atoms with Crippen LogP contribution in [-0.4, -0.2) is 49.2 Å². The third-order valence-corrected chi connectivity index (χ3v) is 3.43. The number of methoxy groups -OCH3 is 1. The van der Waals surface area contributed by atoms with Crippen LogP contribution in [0.1, 0.15) is 6.42 Å². The highest BCUT2D eigenvalue weighted by Gasteiger charge is 2.22. The van der Waals surface area contributed by atoms with Crippen molar-refractivity contribution >= 4 is 5.69 Å². The number of aromatic nitrogens is 2. The van der Waals surface area contributed by atoms with Crippen molar-refractivity contribution < 1.29 is 4.74 Å². The topological polar surface area (TPSA) is 59.4 Å². The summed E-state index contributed by atoms with van der Waals surface area (Å²) in [7, 11) is 1.72. The standard InChI is InChI=1S/C14H20N4O2/c1-3-5-15-6-8-18-14(19)9-12(10-16-18)17-7-4-13(11-17)20-2/h1,9-10,13,15H,4-8,11H2,2H3. The van der Waals surface area contributed by atoms with E-state index in [2.05, 4.69) is 21.2 Å². The van der Waals surface area contributed by atoms with Crippen molar-refractivity contribution in [3.05, 3.63) is 22.6 Å². The molecular weight excluding hydrogens is 256 g/mol. The molecule has 0 radical (unpaired) electrons. The van der Waals surface area contributed by atoms with Crippen molar-refractivity contribution in [2.24, 2.45) is 0 Å². The predicted molar refractivity (Wildman–Crippen MR) is 77.8 cm³/mol. The van der Waals surface area contributed by atoms with Gasteiger partial charge in [0.05, 0.1) is 31.1 Å². The van der Waals surface area contributed by atoms with Gasteiger partial charge in [0, 0.05) is 32.8 Å². The fourth-order valence-electron chi connectivity index (χ4n) is 2.27. The molecule has 0 amide bonds. The predicted octanol–water partition coefficient (Wildman–Crippen LogP) is -0.309. The second-order valence-electron chi connectivity index (χ2n) is 4.75. The van der Waals surface area contributed by atoms with Crippen LogP contribution in [0.5, 0.6) is 0 Å². The second-order valence-corrected chi connectivity index (χ2v) is 4.75. The Morgan fingerprint density at radius 1 is 1.65 bits per heavy atom. The molecule has 2 heterocycles. The van der Waals surface area contributed by atoms with Gasteiger partial charge in [-0.25, -0.2) is 4.68 Å². The number of anilines is 1. The molecule has 0 saturated carbocycles. The molecule has 2 rings (SSSR count). The van der Waals surface area contributed by atoms with E-state index in [0.717, 1.165) is 25.2 Å². The van der Waals surface area contributed by atoms with E-state index in [1.165, 1.54) is 4.68 Å². The van der Waals surface area contributed by atoms with Gasteiger partial charge in [-0.2, -0.15) is 5.10 Å². The molecule has 0 aromatic carbocycles. The molecular formula is C14H20N4O2. The molecule has 0 bridgehead atoms. The van der Waals surface area contributed by atoms with Crippen LogP contribution in [0.4, 0.5) is 5.69 Å². The fraction of sp³-hybridized carbons (Fsp3) is 0.571. The van der Waals surface area contributed by atoms with Crippen LogP contribution in [-0.2, 0) is 11.3 Å². The maximum atomic E-state index is 12.0. The average Bonchev–Trinajstić information content (AvgIpc) is 2.94. The lowest BCUT2D eigenvalue weighted by Crippen LogP contribution is -2.30. The number of terminal acetylenes is 1. The molecule has 1 N–H and O–H groups in total. The minimum atomic E-state index is -0.0918. The maximum Gasteiger partial charge on any atom is 0.268 e. The number of ether oxygens (including phenoxy) is 1. The summed E-state index contributed by atoms with van der Waals surface area (Å²) in [5.74, 6) is 2.49. The Hall–Kier alpha value is -1.84. The minimum Gasteiger partial charge on any atom is -0.380 e. The van der Waals surface area contributed by atoms with Gasteiger partial charge in [-0.1, -0.05) is 5.92 Å². The van der Waals surface area contributed by atoms with E-state index in [9.17, 15) is 4.79 Å². The normalized spacial score (nSPS) is 18.2. The van der Waals surface area contributed by atoms with Crippen LogP contribution in [0.3, 0.4) is 0 Å². The molecule has 1 atom stereocenters. The average molecular weight is 276 g/mol. The van der Waals surface area contributed by atoms with E-state index >= 15 is 0 Å². The first-order chi connectivity index (χ1) is 9.74. The van der Waals surface area contributed by atoms with Gasteiger partial charge < -0.3 is 15.0 Å². The fourth-order valence-corrected chi connectivity index (χ4v) is 2.27. The zero-order valence-corrected chi connectivity index (χ0v) is 11.7. The van der Waals surface area contributed by atoms with Crippen LogP contribution >= 0.6 is 0 Å². The van der Waals surface area contributed by atoms with Crippen molar-refractivity contribution in [3.63, 3.8) is 0 Å². The lowest BCUT2D eigenvalue weighted by Gasteiger charge is -2.18. The van der Waals surface area contributed by atoms with Crippen LogP contribution in [0.2, 0.25) is 0 Å². The highest BCUT2D eigenvalue weighted by molar-refractivity contribution is 5.44. The van der Waals surface area contributed by atoms with Gasteiger partial charge >= 0.3 is 0 Å². The molecule has 20 heavy (non-hydrogen) atoms. The number of nitrogens with zero attached hydrogens (tertiary/aromatic N) is 3. The lowest BCUT2D eigenvalue weighted by atomic mass is 10.3. The number of hydrogen-bond acceptors (Lipinski definition) is 5. The summed E-state index contributed by atoms with van der Waals surface area (Å²) in [6, 6.07) is 1.63. The molecule has 1 aliphatic rings. The van der Waals surface area contributed by atoms with E-state index in [4.69, 9.17) is 11.2 Å². The Kier molecular flexibility index (Phi) is 5.16. The van der Waals surface area contributed by atoms with Gasteiger partial charge in [0.25, 0.3) is 5.56 Å². The minimum absolute atomic E-state index is 0.0918. The van der Waals surface area contributed by atoms with Gasteiger partial charge in [0.15, 0.2) is 0 Å². The van der Waals surface area contributed by atoms with E-state index in [-0.39, 0.29) is 11.7 Å². The highest BCUT2D eigenvalue weighted by Crippen LogP contribution is 2.18. The van der Waals surface area contributed by atoms with Gasteiger partial charge in [-0.15, -0.1) is 6.42 Å². The Labute approximate surface area is 118 Å². The monoisotopic (exact) mass is 276 g/mol. The van der Waals surface area contributed by atoms with Gasteiger partial charge in [-0.3, -0.25) is 4.79 Å². The molecule has 1 aromatic rings. The molecule has 0 spiro atoms. The Morgan fingerprint density at radius 3 is 3.15 bits per heavy atom. The second kappa shape index (κ2) is 7.08. The summed E-state index contributed by atoms with van der Waals surface area (Å²) in [4.78, 5) is 14.1. The van der Waals surface area contributed by atoms with E-state index < -0.39 is 0 Å². The zero-order valence-electron chi connectivity index (χ0n) is 11.7. The first-order valence-corrected chi connectivity index (χ1v) is 6.73. The van der Waals surface area contributed by atoms with E-state index in [1.54, 1.807) is 19.4 Å². The van der Waals surface area contributed by atoms with E-state index in [0.29, 0.717) is 19.6 Å². The summed E-state index contributed by atoms with van der Waals surface area (Å²) in [5, 5.41) is 7.23. The van der Waals surface area contributed by atoms with Crippen molar-refractivity contribution in [2.45, 2.75) is 19.1 Å². The highest BCUT2D eigenvalue weighted by atomic mass is 16.5. The van der Waals surface area contributed by atoms with Crippen LogP contribution in [0.25, 0.3) is 0 Å². The first kappa shape index (κ1) is 14.6.